The molecule has 3 aromatic rings. The van der Waals surface area contributed by atoms with Crippen LogP contribution in [0.2, 0.25) is 0 Å². The molecule has 3 rings (SSSR count). The summed E-state index contributed by atoms with van der Waals surface area (Å²) in [6.07, 6.45) is 1.44. The average Bonchev–Trinajstić information content (AvgIpc) is 3.13. The number of para-hydroxylation sites is 1. The number of amides is 2. The molecule has 0 bridgehead atoms. The second-order valence-electron chi connectivity index (χ2n) is 7.02. The molecule has 1 atom stereocenters. The van der Waals surface area contributed by atoms with Crippen molar-refractivity contribution in [2.75, 3.05) is 11.9 Å². The molecule has 10 heteroatoms. The second-order valence-corrected chi connectivity index (χ2v) is 9.85. The molecule has 0 aliphatic carbocycles. The number of hydrogen-bond acceptors (Lipinski definition) is 6. The number of aryl methyl sites for hydroxylation is 1. The molecule has 0 fully saturated rings. The maximum absolute atomic E-state index is 12.5. The first-order valence-electron chi connectivity index (χ1n) is 9.77. The molecule has 2 aromatic carbocycles. The number of hydrogen-bond donors (Lipinski definition) is 3. The molecule has 1 heterocycles. The fraction of sp³-hybridized carbons (Fsp3) is 0.286. The standard InChI is InChI=1S/C21H24N4O4S2/c1-14(25-31(28,29)17-11-9-16(10-12-17)23-15(2)26)21(27)22-13-5-8-20-24-18-6-3-4-7-19(18)30-20/h3-4,6-7,9-12,14,25H,5,8,13H2,1-2H3,(H,22,27)(H,23,26)/t14-/m0/s1. The van der Waals surface area contributed by atoms with Crippen LogP contribution in [-0.2, 0) is 26.0 Å². The van der Waals surface area contributed by atoms with E-state index in [4.69, 9.17) is 0 Å². The summed E-state index contributed by atoms with van der Waals surface area (Å²) >= 11 is 1.63. The Kier molecular flexibility index (Phi) is 7.37. The van der Waals surface area contributed by atoms with Crippen molar-refractivity contribution in [2.45, 2.75) is 37.6 Å². The van der Waals surface area contributed by atoms with Crippen LogP contribution in [0.3, 0.4) is 0 Å². The Morgan fingerprint density at radius 2 is 1.81 bits per heavy atom. The molecule has 0 spiro atoms. The van der Waals surface area contributed by atoms with Gasteiger partial charge in [-0.3, -0.25) is 9.59 Å². The summed E-state index contributed by atoms with van der Waals surface area (Å²) in [6.45, 7) is 3.28. The van der Waals surface area contributed by atoms with Gasteiger partial charge in [0.2, 0.25) is 21.8 Å². The lowest BCUT2D eigenvalue weighted by molar-refractivity contribution is -0.122. The van der Waals surface area contributed by atoms with Crippen LogP contribution in [0.5, 0.6) is 0 Å². The predicted octanol–water partition coefficient (Wildman–Crippen LogP) is 2.67. The minimum atomic E-state index is -3.87. The summed E-state index contributed by atoms with van der Waals surface area (Å²) in [5.41, 5.74) is 1.46. The first kappa shape index (κ1) is 22.9. The first-order valence-corrected chi connectivity index (χ1v) is 12.1. The zero-order chi connectivity index (χ0) is 22.4. The Hall–Kier alpha value is -2.82. The van der Waals surface area contributed by atoms with Gasteiger partial charge in [0.15, 0.2) is 0 Å². The maximum Gasteiger partial charge on any atom is 0.241 e. The van der Waals surface area contributed by atoms with Gasteiger partial charge in [0.1, 0.15) is 0 Å². The number of carbonyl (C=O) groups excluding carboxylic acids is 2. The Morgan fingerprint density at radius 3 is 2.48 bits per heavy atom. The van der Waals surface area contributed by atoms with E-state index in [1.807, 2.05) is 24.3 Å². The predicted molar refractivity (Wildman–Crippen MR) is 121 cm³/mol. The Morgan fingerprint density at radius 1 is 1.10 bits per heavy atom. The van der Waals surface area contributed by atoms with Gasteiger partial charge < -0.3 is 10.6 Å². The van der Waals surface area contributed by atoms with E-state index in [9.17, 15) is 18.0 Å². The van der Waals surface area contributed by atoms with Crippen LogP contribution in [0.4, 0.5) is 5.69 Å². The van der Waals surface area contributed by atoms with Gasteiger partial charge in [0.05, 0.1) is 26.2 Å². The molecule has 2 amide bonds. The minimum absolute atomic E-state index is 0.0112. The quantitative estimate of drug-likeness (QED) is 0.425. The normalized spacial score (nSPS) is 12.5. The van der Waals surface area contributed by atoms with Crippen molar-refractivity contribution < 1.29 is 18.0 Å². The van der Waals surface area contributed by atoms with E-state index < -0.39 is 22.0 Å². The van der Waals surface area contributed by atoms with Gasteiger partial charge in [-0.05, 0) is 49.7 Å². The molecule has 0 unspecified atom stereocenters. The van der Waals surface area contributed by atoms with Crippen LogP contribution in [0.25, 0.3) is 10.2 Å². The van der Waals surface area contributed by atoms with Gasteiger partial charge in [0.25, 0.3) is 0 Å². The van der Waals surface area contributed by atoms with E-state index in [0.717, 1.165) is 21.6 Å². The lowest BCUT2D eigenvalue weighted by atomic mass is 10.3. The van der Waals surface area contributed by atoms with Crippen molar-refractivity contribution in [1.29, 1.82) is 0 Å². The molecule has 31 heavy (non-hydrogen) atoms. The molecule has 0 aliphatic rings. The van der Waals surface area contributed by atoms with Crippen LogP contribution >= 0.6 is 11.3 Å². The number of carbonyl (C=O) groups is 2. The summed E-state index contributed by atoms with van der Waals surface area (Å²) < 4.78 is 28.5. The van der Waals surface area contributed by atoms with Crippen molar-refractivity contribution in [1.82, 2.24) is 15.0 Å². The van der Waals surface area contributed by atoms with E-state index >= 15 is 0 Å². The summed E-state index contributed by atoms with van der Waals surface area (Å²) in [7, 11) is -3.87. The minimum Gasteiger partial charge on any atom is -0.355 e. The molecule has 1 aromatic heterocycles. The molecule has 0 saturated carbocycles. The van der Waals surface area contributed by atoms with Crippen molar-refractivity contribution in [3.05, 3.63) is 53.5 Å². The second kappa shape index (κ2) is 9.99. The first-order chi connectivity index (χ1) is 14.7. The lowest BCUT2D eigenvalue weighted by Gasteiger charge is -2.14. The van der Waals surface area contributed by atoms with Gasteiger partial charge in [-0.2, -0.15) is 4.72 Å². The molecular formula is C21H24N4O4S2. The van der Waals surface area contributed by atoms with Crippen LogP contribution in [-0.4, -0.2) is 37.8 Å². The van der Waals surface area contributed by atoms with Crippen molar-refractivity contribution in [3.8, 4) is 0 Å². The van der Waals surface area contributed by atoms with Crippen LogP contribution in [0.15, 0.2) is 53.4 Å². The van der Waals surface area contributed by atoms with Gasteiger partial charge in [-0.1, -0.05) is 12.1 Å². The van der Waals surface area contributed by atoms with Gasteiger partial charge in [0, 0.05) is 25.6 Å². The van der Waals surface area contributed by atoms with Gasteiger partial charge >= 0.3 is 0 Å². The van der Waals surface area contributed by atoms with Crippen molar-refractivity contribution in [2.24, 2.45) is 0 Å². The highest BCUT2D eigenvalue weighted by atomic mass is 32.2. The van der Waals surface area contributed by atoms with Crippen molar-refractivity contribution >= 4 is 49.1 Å². The highest BCUT2D eigenvalue weighted by Gasteiger charge is 2.21. The molecule has 164 valence electrons. The zero-order valence-corrected chi connectivity index (χ0v) is 18.8. The molecule has 0 saturated heterocycles. The average molecular weight is 461 g/mol. The van der Waals surface area contributed by atoms with E-state index in [1.165, 1.54) is 38.1 Å². The highest BCUT2D eigenvalue weighted by Crippen LogP contribution is 2.22. The number of thiazole rings is 1. The van der Waals surface area contributed by atoms with E-state index in [2.05, 4.69) is 20.3 Å². The van der Waals surface area contributed by atoms with Gasteiger partial charge in [-0.25, -0.2) is 13.4 Å². The monoisotopic (exact) mass is 460 g/mol. The number of fused-ring (bicyclic) bond motifs is 1. The third-order valence-electron chi connectivity index (χ3n) is 4.42. The fourth-order valence-electron chi connectivity index (χ4n) is 2.91. The third kappa shape index (κ3) is 6.33. The molecule has 0 radical (unpaired) electrons. The molecular weight excluding hydrogens is 436 g/mol. The number of aromatic nitrogens is 1. The van der Waals surface area contributed by atoms with Crippen LogP contribution < -0.4 is 15.4 Å². The van der Waals surface area contributed by atoms with Crippen LogP contribution in [0, 0.1) is 0 Å². The summed E-state index contributed by atoms with van der Waals surface area (Å²) in [5.74, 6) is -0.648. The summed E-state index contributed by atoms with van der Waals surface area (Å²) in [4.78, 5) is 27.9. The Balaban J connectivity index is 1.47. The van der Waals surface area contributed by atoms with Crippen molar-refractivity contribution in [3.63, 3.8) is 0 Å². The molecule has 8 nitrogen and oxygen atoms in total. The number of nitrogens with zero attached hydrogens (tertiary/aromatic N) is 1. The third-order valence-corrected chi connectivity index (χ3v) is 7.07. The number of nitrogens with one attached hydrogen (secondary N) is 3. The largest absolute Gasteiger partial charge is 0.355 e. The number of anilines is 1. The fourth-order valence-corrected chi connectivity index (χ4v) is 5.12. The van der Waals surface area contributed by atoms with E-state index in [1.54, 1.807) is 11.3 Å². The summed E-state index contributed by atoms with van der Waals surface area (Å²) in [5, 5.41) is 6.33. The summed E-state index contributed by atoms with van der Waals surface area (Å²) in [6, 6.07) is 12.7. The van der Waals surface area contributed by atoms with Gasteiger partial charge in [-0.15, -0.1) is 11.3 Å². The highest BCUT2D eigenvalue weighted by molar-refractivity contribution is 7.89. The SMILES string of the molecule is CC(=O)Nc1ccc(S(=O)(=O)N[C@@H](C)C(=O)NCCCc2nc3ccccc3s2)cc1. The smallest absolute Gasteiger partial charge is 0.241 e. The topological polar surface area (TPSA) is 117 Å². The van der Waals surface area contributed by atoms with Crippen LogP contribution in [0.1, 0.15) is 25.3 Å². The molecule has 0 aliphatic heterocycles. The number of rotatable bonds is 9. The number of sulfonamides is 1. The Labute approximate surface area is 185 Å². The molecule has 3 N–H and O–H groups in total. The van der Waals surface area contributed by atoms with E-state index in [-0.39, 0.29) is 10.8 Å². The van der Waals surface area contributed by atoms with E-state index in [0.29, 0.717) is 18.7 Å². The maximum atomic E-state index is 12.5. The Bertz CT molecular complexity index is 1140. The number of benzene rings is 2. The lowest BCUT2D eigenvalue weighted by Crippen LogP contribution is -2.45. The zero-order valence-electron chi connectivity index (χ0n) is 17.2.